The second-order valence-electron chi connectivity index (χ2n) is 3.66. The molecule has 0 heterocycles. The molecule has 0 spiro atoms. The van der Waals surface area contributed by atoms with Gasteiger partial charge in [0.15, 0.2) is 0 Å². The average Bonchev–Trinajstić information content (AvgIpc) is 2.31. The maximum atomic E-state index is 5.13. The zero-order valence-corrected chi connectivity index (χ0v) is 10.7. The first kappa shape index (κ1) is 15.0. The molecule has 0 fully saturated rings. The molecule has 0 amide bonds. The first-order chi connectivity index (χ1) is 7.85. The van der Waals surface area contributed by atoms with E-state index >= 15 is 0 Å². The van der Waals surface area contributed by atoms with Crippen molar-refractivity contribution >= 4 is 0 Å². The highest BCUT2D eigenvalue weighted by molar-refractivity contribution is 5.16. The zero-order valence-electron chi connectivity index (χ0n) is 10.7. The molecule has 0 aliphatic carbocycles. The van der Waals surface area contributed by atoms with Gasteiger partial charge in [-0.25, -0.2) is 0 Å². The van der Waals surface area contributed by atoms with E-state index in [-0.39, 0.29) is 0 Å². The number of rotatable bonds is 10. The van der Waals surface area contributed by atoms with Gasteiger partial charge in [-0.05, 0) is 38.1 Å². The summed E-state index contributed by atoms with van der Waals surface area (Å²) in [6, 6.07) is 0. The van der Waals surface area contributed by atoms with Gasteiger partial charge in [-0.2, -0.15) is 0 Å². The standard InChI is InChI=1S/C14H25NO/c1-4-6-8-12-15-13-9-7-11-14(16-3)10-5-2/h5,7,10-11,15H,2,4,6,8-9,12-13H2,1,3H3/b11-7-,14-10+. The highest BCUT2D eigenvalue weighted by atomic mass is 16.5. The molecule has 0 aromatic carbocycles. The van der Waals surface area contributed by atoms with E-state index in [0.29, 0.717) is 0 Å². The van der Waals surface area contributed by atoms with E-state index in [1.165, 1.54) is 19.3 Å². The molecule has 0 aliphatic rings. The molecule has 1 N–H and O–H groups in total. The molecule has 0 aliphatic heterocycles. The van der Waals surface area contributed by atoms with Crippen molar-refractivity contribution in [3.63, 3.8) is 0 Å². The van der Waals surface area contributed by atoms with Crippen molar-refractivity contribution in [2.75, 3.05) is 20.2 Å². The molecule has 0 aromatic heterocycles. The molecule has 0 rings (SSSR count). The van der Waals surface area contributed by atoms with E-state index in [0.717, 1.165) is 25.3 Å². The fraction of sp³-hybridized carbons (Fsp3) is 0.571. The molecular formula is C14H25NO. The van der Waals surface area contributed by atoms with Gasteiger partial charge >= 0.3 is 0 Å². The summed E-state index contributed by atoms with van der Waals surface area (Å²) in [5.74, 6) is 0.848. The van der Waals surface area contributed by atoms with Crippen LogP contribution in [0.3, 0.4) is 0 Å². The fourth-order valence-corrected chi connectivity index (χ4v) is 1.32. The Labute approximate surface area is 100 Å². The van der Waals surface area contributed by atoms with Crippen LogP contribution in [0.4, 0.5) is 0 Å². The number of ether oxygens (including phenoxy) is 1. The van der Waals surface area contributed by atoms with Crippen molar-refractivity contribution in [3.05, 3.63) is 36.6 Å². The van der Waals surface area contributed by atoms with Crippen molar-refractivity contribution in [2.24, 2.45) is 0 Å². The van der Waals surface area contributed by atoms with Crippen molar-refractivity contribution in [1.82, 2.24) is 5.32 Å². The van der Waals surface area contributed by atoms with Crippen LogP contribution in [0.15, 0.2) is 36.6 Å². The second-order valence-corrected chi connectivity index (χ2v) is 3.66. The molecular weight excluding hydrogens is 198 g/mol. The monoisotopic (exact) mass is 223 g/mol. The highest BCUT2D eigenvalue weighted by Crippen LogP contribution is 1.98. The SMILES string of the molecule is C=C/C=C(\C=C/CCNCCCCC)OC. The Morgan fingerprint density at radius 3 is 2.75 bits per heavy atom. The van der Waals surface area contributed by atoms with Gasteiger partial charge in [-0.15, -0.1) is 0 Å². The molecule has 0 saturated carbocycles. The van der Waals surface area contributed by atoms with Gasteiger partial charge in [-0.1, -0.05) is 38.5 Å². The lowest BCUT2D eigenvalue weighted by atomic mass is 10.2. The lowest BCUT2D eigenvalue weighted by Crippen LogP contribution is -2.15. The van der Waals surface area contributed by atoms with Crippen LogP contribution in [0.2, 0.25) is 0 Å². The Bertz CT molecular complexity index is 219. The molecule has 0 radical (unpaired) electrons. The number of hydrogen-bond acceptors (Lipinski definition) is 2. The summed E-state index contributed by atoms with van der Waals surface area (Å²) in [5.41, 5.74) is 0. The van der Waals surface area contributed by atoms with E-state index in [1.807, 2.05) is 12.2 Å². The summed E-state index contributed by atoms with van der Waals surface area (Å²) < 4.78 is 5.13. The van der Waals surface area contributed by atoms with Crippen LogP contribution in [0, 0.1) is 0 Å². The predicted octanol–water partition coefficient (Wildman–Crippen LogP) is 3.43. The number of nitrogens with one attached hydrogen (secondary N) is 1. The zero-order chi connectivity index (χ0) is 12.1. The lowest BCUT2D eigenvalue weighted by molar-refractivity contribution is 0.307. The van der Waals surface area contributed by atoms with Crippen LogP contribution in [-0.2, 0) is 4.74 Å². The number of hydrogen-bond donors (Lipinski definition) is 1. The summed E-state index contributed by atoms with van der Waals surface area (Å²) in [6.45, 7) is 8.01. The highest BCUT2D eigenvalue weighted by Gasteiger charge is 1.88. The van der Waals surface area contributed by atoms with Crippen LogP contribution < -0.4 is 5.32 Å². The van der Waals surface area contributed by atoms with E-state index < -0.39 is 0 Å². The molecule has 16 heavy (non-hydrogen) atoms. The fourth-order valence-electron chi connectivity index (χ4n) is 1.32. The summed E-state index contributed by atoms with van der Waals surface area (Å²) >= 11 is 0. The number of unbranched alkanes of at least 4 members (excludes halogenated alkanes) is 2. The maximum Gasteiger partial charge on any atom is 0.118 e. The molecule has 2 heteroatoms. The second kappa shape index (κ2) is 12.1. The summed E-state index contributed by atoms with van der Waals surface area (Å²) in [5, 5.41) is 3.41. The third kappa shape index (κ3) is 9.53. The van der Waals surface area contributed by atoms with Gasteiger partial charge in [0, 0.05) is 0 Å². The number of allylic oxidation sites excluding steroid dienone is 3. The van der Waals surface area contributed by atoms with E-state index in [9.17, 15) is 0 Å². The minimum Gasteiger partial charge on any atom is -0.497 e. The van der Waals surface area contributed by atoms with Gasteiger partial charge in [0.05, 0.1) is 7.11 Å². The smallest absolute Gasteiger partial charge is 0.118 e. The topological polar surface area (TPSA) is 21.3 Å². The quantitative estimate of drug-likeness (QED) is 0.348. The van der Waals surface area contributed by atoms with Gasteiger partial charge in [0.25, 0.3) is 0 Å². The van der Waals surface area contributed by atoms with Gasteiger partial charge in [-0.3, -0.25) is 0 Å². The predicted molar refractivity (Wildman–Crippen MR) is 71.4 cm³/mol. The van der Waals surface area contributed by atoms with Crippen LogP contribution >= 0.6 is 0 Å². The Balaban J connectivity index is 3.46. The van der Waals surface area contributed by atoms with E-state index in [2.05, 4.69) is 24.9 Å². The van der Waals surface area contributed by atoms with Gasteiger partial charge < -0.3 is 10.1 Å². The largest absolute Gasteiger partial charge is 0.497 e. The lowest BCUT2D eigenvalue weighted by Gasteiger charge is -2.01. The summed E-state index contributed by atoms with van der Waals surface area (Å²) in [7, 11) is 1.67. The third-order valence-electron chi connectivity index (χ3n) is 2.24. The van der Waals surface area contributed by atoms with Crippen molar-refractivity contribution in [2.45, 2.75) is 32.6 Å². The molecule has 0 bridgehead atoms. The first-order valence-electron chi connectivity index (χ1n) is 6.09. The summed E-state index contributed by atoms with van der Waals surface area (Å²) in [4.78, 5) is 0. The third-order valence-corrected chi connectivity index (χ3v) is 2.24. The summed E-state index contributed by atoms with van der Waals surface area (Å²) in [6.07, 6.45) is 12.6. The van der Waals surface area contributed by atoms with Crippen LogP contribution in [0.5, 0.6) is 0 Å². The molecule has 92 valence electrons. The normalized spacial score (nSPS) is 12.0. The molecule has 0 unspecified atom stereocenters. The van der Waals surface area contributed by atoms with Crippen molar-refractivity contribution in [1.29, 1.82) is 0 Å². The minimum atomic E-state index is 0.848. The molecule has 0 aromatic rings. The van der Waals surface area contributed by atoms with E-state index in [4.69, 9.17) is 4.74 Å². The first-order valence-corrected chi connectivity index (χ1v) is 6.09. The van der Waals surface area contributed by atoms with Crippen molar-refractivity contribution < 1.29 is 4.74 Å². The van der Waals surface area contributed by atoms with Crippen LogP contribution in [-0.4, -0.2) is 20.2 Å². The Morgan fingerprint density at radius 1 is 1.31 bits per heavy atom. The Hall–Kier alpha value is -1.02. The van der Waals surface area contributed by atoms with Gasteiger partial charge in [0.2, 0.25) is 0 Å². The van der Waals surface area contributed by atoms with Crippen LogP contribution in [0.25, 0.3) is 0 Å². The van der Waals surface area contributed by atoms with Crippen molar-refractivity contribution in [3.8, 4) is 0 Å². The van der Waals surface area contributed by atoms with Gasteiger partial charge in [0.1, 0.15) is 5.76 Å². The average molecular weight is 223 g/mol. The minimum absolute atomic E-state index is 0.848. The Kier molecular flexibility index (Phi) is 11.3. The van der Waals surface area contributed by atoms with Crippen LogP contribution in [0.1, 0.15) is 32.6 Å². The molecule has 0 atom stereocenters. The maximum absolute atomic E-state index is 5.13. The Morgan fingerprint density at radius 2 is 2.12 bits per heavy atom. The van der Waals surface area contributed by atoms with E-state index in [1.54, 1.807) is 13.2 Å². The molecule has 0 saturated heterocycles. The number of methoxy groups -OCH3 is 1. The molecule has 2 nitrogen and oxygen atoms in total.